The topological polar surface area (TPSA) is 40.5 Å². The molecule has 0 amide bonds. The van der Waals surface area contributed by atoms with E-state index in [9.17, 15) is 9.90 Å². The van der Waals surface area contributed by atoms with Gasteiger partial charge in [0.2, 0.25) is 0 Å². The summed E-state index contributed by atoms with van der Waals surface area (Å²) in [6.07, 6.45) is 3.91. The van der Waals surface area contributed by atoms with Crippen molar-refractivity contribution in [2.45, 2.75) is 45.1 Å². The molecule has 1 fully saturated rings. The Morgan fingerprint density at radius 2 is 1.62 bits per heavy atom. The number of hydrogen-bond donors (Lipinski definition) is 1. The smallest absolute Gasteiger partial charge is 0.324 e. The standard InChI is InChI=1S/C18H25NO2/c1-3-19(4-2)18(17(20)21)15-9-10-16(18)12-14-8-6-5-7-13(14)11-15/h5-8,15-16H,3-4,9-12H2,1-2H3,(H,20,21). The molecule has 0 radical (unpaired) electrons. The van der Waals surface area contributed by atoms with Crippen molar-refractivity contribution >= 4 is 5.97 Å². The zero-order valence-corrected chi connectivity index (χ0v) is 13.0. The molecule has 1 N–H and O–H groups in total. The summed E-state index contributed by atoms with van der Waals surface area (Å²) in [5.74, 6) is -0.126. The lowest BCUT2D eigenvalue weighted by Gasteiger charge is -2.44. The maximum Gasteiger partial charge on any atom is 0.324 e. The van der Waals surface area contributed by atoms with Gasteiger partial charge in [-0.3, -0.25) is 9.69 Å². The number of benzene rings is 1. The first-order chi connectivity index (χ1) is 10.1. The van der Waals surface area contributed by atoms with Crippen molar-refractivity contribution < 1.29 is 9.90 Å². The van der Waals surface area contributed by atoms with Crippen molar-refractivity contribution in [2.24, 2.45) is 11.8 Å². The van der Waals surface area contributed by atoms with Gasteiger partial charge in [-0.1, -0.05) is 38.1 Å². The van der Waals surface area contributed by atoms with Crippen LogP contribution in [-0.2, 0) is 17.6 Å². The SMILES string of the molecule is CCN(CC)C1(C(=O)O)C2CCC1Cc1ccccc1C2. The molecule has 0 spiro atoms. The summed E-state index contributed by atoms with van der Waals surface area (Å²) in [5, 5.41) is 10.2. The number of carboxylic acid groups (broad SMARTS) is 1. The lowest BCUT2D eigenvalue weighted by molar-refractivity contribution is -0.158. The molecular weight excluding hydrogens is 262 g/mol. The van der Waals surface area contributed by atoms with Gasteiger partial charge in [-0.2, -0.15) is 0 Å². The number of hydrogen-bond acceptors (Lipinski definition) is 2. The molecule has 0 aromatic heterocycles. The third-order valence-electron chi connectivity index (χ3n) is 5.79. The number of nitrogens with zero attached hydrogens (tertiary/aromatic N) is 1. The Balaban J connectivity index is 2.09. The molecule has 0 aliphatic heterocycles. The number of likely N-dealkylation sites (N-methyl/N-ethyl adjacent to an activating group) is 1. The van der Waals surface area contributed by atoms with Crippen molar-refractivity contribution in [2.75, 3.05) is 13.1 Å². The molecule has 2 unspecified atom stereocenters. The number of carbonyl (C=O) groups is 1. The average Bonchev–Trinajstić information content (AvgIpc) is 2.73. The molecular formula is C18H25NO2. The fourth-order valence-electron chi connectivity index (χ4n) is 4.93. The van der Waals surface area contributed by atoms with Crippen molar-refractivity contribution in [3.05, 3.63) is 35.4 Å². The Hall–Kier alpha value is -1.35. The Labute approximate surface area is 127 Å². The molecule has 2 aliphatic carbocycles. The highest BCUT2D eigenvalue weighted by molar-refractivity contribution is 5.81. The van der Waals surface area contributed by atoms with Crippen molar-refractivity contribution in [1.29, 1.82) is 0 Å². The minimum absolute atomic E-state index is 0.239. The third kappa shape index (κ3) is 2.02. The first-order valence-corrected chi connectivity index (χ1v) is 8.19. The highest BCUT2D eigenvalue weighted by Gasteiger charge is 2.59. The van der Waals surface area contributed by atoms with Gasteiger partial charge in [0.15, 0.2) is 0 Å². The van der Waals surface area contributed by atoms with Gasteiger partial charge >= 0.3 is 5.97 Å². The fraction of sp³-hybridized carbons (Fsp3) is 0.611. The molecule has 1 aromatic rings. The average molecular weight is 287 g/mol. The van der Waals surface area contributed by atoms with E-state index in [2.05, 4.69) is 43.0 Å². The summed E-state index contributed by atoms with van der Waals surface area (Å²) < 4.78 is 0. The zero-order chi connectivity index (χ0) is 15.0. The van der Waals surface area contributed by atoms with E-state index in [1.54, 1.807) is 0 Å². The Morgan fingerprint density at radius 1 is 1.14 bits per heavy atom. The molecule has 2 bridgehead atoms. The van der Waals surface area contributed by atoms with E-state index in [4.69, 9.17) is 0 Å². The van der Waals surface area contributed by atoms with Crippen molar-refractivity contribution in [3.63, 3.8) is 0 Å². The van der Waals surface area contributed by atoms with Crippen LogP contribution >= 0.6 is 0 Å². The summed E-state index contributed by atoms with van der Waals surface area (Å²) in [7, 11) is 0. The van der Waals surface area contributed by atoms with E-state index in [0.29, 0.717) is 0 Å². The number of carboxylic acids is 1. The normalized spacial score (nSPS) is 31.0. The molecule has 21 heavy (non-hydrogen) atoms. The Kier molecular flexibility index (Phi) is 3.78. The van der Waals surface area contributed by atoms with Crippen LogP contribution in [-0.4, -0.2) is 34.6 Å². The molecule has 0 saturated heterocycles. The Bertz CT molecular complexity index is 503. The predicted octanol–water partition coefficient (Wildman–Crippen LogP) is 2.98. The minimum atomic E-state index is -0.664. The summed E-state index contributed by atoms with van der Waals surface area (Å²) >= 11 is 0. The third-order valence-corrected chi connectivity index (χ3v) is 5.79. The van der Waals surface area contributed by atoms with Gasteiger partial charge in [0.1, 0.15) is 5.54 Å². The first-order valence-electron chi connectivity index (χ1n) is 8.19. The van der Waals surface area contributed by atoms with Crippen LogP contribution in [0.1, 0.15) is 37.8 Å². The van der Waals surface area contributed by atoms with Crippen LogP contribution in [0.15, 0.2) is 24.3 Å². The van der Waals surface area contributed by atoms with E-state index in [-0.39, 0.29) is 11.8 Å². The zero-order valence-electron chi connectivity index (χ0n) is 13.0. The van der Waals surface area contributed by atoms with Gasteiger partial charge in [-0.15, -0.1) is 0 Å². The lowest BCUT2D eigenvalue weighted by atomic mass is 9.77. The summed E-state index contributed by atoms with van der Waals surface area (Å²) in [6, 6.07) is 8.53. The molecule has 1 saturated carbocycles. The van der Waals surface area contributed by atoms with Crippen molar-refractivity contribution in [3.8, 4) is 0 Å². The molecule has 3 nitrogen and oxygen atoms in total. The van der Waals surface area contributed by atoms with Gasteiger partial charge < -0.3 is 5.11 Å². The number of rotatable bonds is 4. The van der Waals surface area contributed by atoms with Crippen LogP contribution < -0.4 is 0 Å². The van der Waals surface area contributed by atoms with E-state index in [1.165, 1.54) is 11.1 Å². The Morgan fingerprint density at radius 3 is 2.00 bits per heavy atom. The second-order valence-electron chi connectivity index (χ2n) is 6.45. The lowest BCUT2D eigenvalue weighted by Crippen LogP contribution is -2.61. The van der Waals surface area contributed by atoms with Crippen LogP contribution in [0.25, 0.3) is 0 Å². The van der Waals surface area contributed by atoms with Crippen LogP contribution in [0.5, 0.6) is 0 Å². The van der Waals surface area contributed by atoms with Crippen LogP contribution in [0.4, 0.5) is 0 Å². The highest BCUT2D eigenvalue weighted by Crippen LogP contribution is 2.50. The molecule has 3 rings (SSSR count). The maximum absolute atomic E-state index is 12.4. The quantitative estimate of drug-likeness (QED) is 0.925. The van der Waals surface area contributed by atoms with Gasteiger partial charge in [-0.25, -0.2) is 0 Å². The van der Waals surface area contributed by atoms with Crippen molar-refractivity contribution in [1.82, 2.24) is 4.90 Å². The highest BCUT2D eigenvalue weighted by atomic mass is 16.4. The molecule has 114 valence electrons. The number of aliphatic carboxylic acids is 1. The van der Waals surface area contributed by atoms with E-state index < -0.39 is 11.5 Å². The molecule has 2 aliphatic rings. The summed E-state index contributed by atoms with van der Waals surface area (Å²) in [6.45, 7) is 5.80. The van der Waals surface area contributed by atoms with Gasteiger partial charge in [-0.05, 0) is 61.7 Å². The second kappa shape index (κ2) is 5.45. The molecule has 0 heterocycles. The molecule has 2 atom stereocenters. The van der Waals surface area contributed by atoms with E-state index >= 15 is 0 Å². The minimum Gasteiger partial charge on any atom is -0.480 e. The predicted molar refractivity (Wildman–Crippen MR) is 83.4 cm³/mol. The summed E-state index contributed by atoms with van der Waals surface area (Å²) in [4.78, 5) is 14.6. The van der Waals surface area contributed by atoms with E-state index in [1.807, 2.05) is 0 Å². The van der Waals surface area contributed by atoms with E-state index in [0.717, 1.165) is 38.8 Å². The van der Waals surface area contributed by atoms with Gasteiger partial charge in [0.05, 0.1) is 0 Å². The van der Waals surface area contributed by atoms with Crippen LogP contribution in [0.3, 0.4) is 0 Å². The van der Waals surface area contributed by atoms with Crippen LogP contribution in [0, 0.1) is 11.8 Å². The number of fused-ring (bicyclic) bond motifs is 3. The molecule has 1 aromatic carbocycles. The fourth-order valence-corrected chi connectivity index (χ4v) is 4.93. The first kappa shape index (κ1) is 14.6. The van der Waals surface area contributed by atoms with Gasteiger partial charge in [0, 0.05) is 0 Å². The largest absolute Gasteiger partial charge is 0.480 e. The second-order valence-corrected chi connectivity index (χ2v) is 6.45. The summed E-state index contributed by atoms with van der Waals surface area (Å²) in [5.41, 5.74) is 2.06. The van der Waals surface area contributed by atoms with Gasteiger partial charge in [0.25, 0.3) is 0 Å². The molecule has 3 heteroatoms. The van der Waals surface area contributed by atoms with Crippen LogP contribution in [0.2, 0.25) is 0 Å². The monoisotopic (exact) mass is 287 g/mol. The maximum atomic E-state index is 12.4.